The zero-order valence-corrected chi connectivity index (χ0v) is 13.6. The molecule has 2 atom stereocenters. The molecule has 5 heteroatoms. The molecule has 3 aromatic rings. The molecule has 1 aliphatic rings. The minimum absolute atomic E-state index is 0.229. The molecule has 0 aliphatic heterocycles. The van der Waals surface area contributed by atoms with Crippen LogP contribution in [0.2, 0.25) is 5.02 Å². The van der Waals surface area contributed by atoms with E-state index in [9.17, 15) is 9.59 Å². The molecule has 24 heavy (non-hydrogen) atoms. The van der Waals surface area contributed by atoms with Gasteiger partial charge in [-0.15, -0.1) is 0 Å². The summed E-state index contributed by atoms with van der Waals surface area (Å²) < 4.78 is 4.89. The number of nitrogens with one attached hydrogen (secondary N) is 1. The number of rotatable bonds is 2. The predicted octanol–water partition coefficient (Wildman–Crippen LogP) is 3.94. The molecule has 4 nitrogen and oxygen atoms in total. The van der Waals surface area contributed by atoms with Crippen molar-refractivity contribution in [2.45, 2.75) is 5.92 Å². The van der Waals surface area contributed by atoms with Crippen LogP contribution in [0.15, 0.2) is 48.5 Å². The van der Waals surface area contributed by atoms with E-state index in [1.54, 1.807) is 12.1 Å². The number of carbonyl (C=O) groups is 2. The number of carbonyl (C=O) groups excluding carboxylic acids is 2. The second-order valence-electron chi connectivity index (χ2n) is 5.85. The highest BCUT2D eigenvalue weighted by Gasteiger charge is 2.47. The van der Waals surface area contributed by atoms with Gasteiger partial charge in [0, 0.05) is 21.8 Å². The van der Waals surface area contributed by atoms with Crippen molar-refractivity contribution in [2.75, 3.05) is 7.11 Å². The molecule has 1 N–H and O–H groups in total. The first-order valence-corrected chi connectivity index (χ1v) is 7.97. The van der Waals surface area contributed by atoms with Gasteiger partial charge in [-0.2, -0.15) is 0 Å². The first-order chi connectivity index (χ1) is 11.6. The quantitative estimate of drug-likeness (QED) is 0.568. The summed E-state index contributed by atoms with van der Waals surface area (Å²) in [4.78, 5) is 28.3. The van der Waals surface area contributed by atoms with E-state index in [0.29, 0.717) is 10.7 Å². The van der Waals surface area contributed by atoms with E-state index in [2.05, 4.69) is 4.98 Å². The molecule has 1 aromatic heterocycles. The summed E-state index contributed by atoms with van der Waals surface area (Å²) in [6.07, 6.45) is 0. The fourth-order valence-electron chi connectivity index (χ4n) is 3.55. The largest absolute Gasteiger partial charge is 0.468 e. The maximum Gasteiger partial charge on any atom is 0.317 e. The van der Waals surface area contributed by atoms with Gasteiger partial charge in [-0.25, -0.2) is 0 Å². The number of aromatic amines is 1. The van der Waals surface area contributed by atoms with Crippen LogP contribution in [0.4, 0.5) is 0 Å². The molecule has 0 saturated heterocycles. The van der Waals surface area contributed by atoms with Crippen molar-refractivity contribution in [2.24, 2.45) is 5.92 Å². The maximum atomic E-state index is 12.9. The third kappa shape index (κ3) is 2.07. The van der Waals surface area contributed by atoms with Crippen molar-refractivity contribution in [1.82, 2.24) is 4.98 Å². The lowest BCUT2D eigenvalue weighted by Gasteiger charge is -2.18. The lowest BCUT2D eigenvalue weighted by molar-refractivity contribution is -0.143. The Hall–Kier alpha value is -2.59. The number of ketones is 1. The van der Waals surface area contributed by atoms with E-state index in [0.717, 1.165) is 22.0 Å². The van der Waals surface area contributed by atoms with Gasteiger partial charge in [0.1, 0.15) is 5.92 Å². The van der Waals surface area contributed by atoms with Crippen LogP contribution in [0.5, 0.6) is 0 Å². The summed E-state index contributed by atoms with van der Waals surface area (Å²) >= 11 is 5.98. The van der Waals surface area contributed by atoms with Crippen molar-refractivity contribution >= 4 is 34.3 Å². The number of benzene rings is 2. The minimum atomic E-state index is -0.873. The van der Waals surface area contributed by atoms with Gasteiger partial charge in [0.05, 0.1) is 12.8 Å². The fourth-order valence-corrected chi connectivity index (χ4v) is 3.68. The van der Waals surface area contributed by atoms with Crippen LogP contribution in [0.3, 0.4) is 0 Å². The summed E-state index contributed by atoms with van der Waals surface area (Å²) in [7, 11) is 1.30. The van der Waals surface area contributed by atoms with Gasteiger partial charge in [0.2, 0.25) is 0 Å². The van der Waals surface area contributed by atoms with Gasteiger partial charge in [0.15, 0.2) is 5.78 Å². The molecule has 120 valence electrons. The molecule has 1 aliphatic carbocycles. The van der Waals surface area contributed by atoms with Gasteiger partial charge in [-0.1, -0.05) is 41.9 Å². The normalized spacial score (nSPS) is 19.5. The van der Waals surface area contributed by atoms with Crippen LogP contribution < -0.4 is 0 Å². The summed E-state index contributed by atoms with van der Waals surface area (Å²) in [5.41, 5.74) is 3.10. The zero-order valence-electron chi connectivity index (χ0n) is 12.9. The average molecular weight is 340 g/mol. The molecule has 0 bridgehead atoms. The number of hydrogen-bond donors (Lipinski definition) is 1. The Kier molecular flexibility index (Phi) is 3.43. The number of aromatic nitrogens is 1. The van der Waals surface area contributed by atoms with Crippen LogP contribution >= 0.6 is 11.6 Å². The maximum absolute atomic E-state index is 12.9. The van der Waals surface area contributed by atoms with E-state index >= 15 is 0 Å². The van der Waals surface area contributed by atoms with Crippen LogP contribution in [0.25, 0.3) is 10.9 Å². The molecule has 0 spiro atoms. The molecule has 2 aromatic carbocycles. The number of halogens is 1. The van der Waals surface area contributed by atoms with Crippen molar-refractivity contribution in [3.63, 3.8) is 0 Å². The van der Waals surface area contributed by atoms with E-state index in [1.807, 2.05) is 36.4 Å². The number of ether oxygens (including phenoxy) is 1. The summed E-state index contributed by atoms with van der Waals surface area (Å²) in [6.45, 7) is 0. The highest BCUT2D eigenvalue weighted by Crippen LogP contribution is 2.46. The highest BCUT2D eigenvalue weighted by molar-refractivity contribution is 6.30. The number of methoxy groups -OCH3 is 1. The Morgan fingerprint density at radius 1 is 1.12 bits per heavy atom. The van der Waals surface area contributed by atoms with Gasteiger partial charge >= 0.3 is 5.97 Å². The lowest BCUT2D eigenvalue weighted by atomic mass is 9.84. The van der Waals surface area contributed by atoms with Crippen LogP contribution in [-0.4, -0.2) is 23.8 Å². The van der Waals surface area contributed by atoms with Crippen LogP contribution in [0, 0.1) is 5.92 Å². The Balaban J connectivity index is 1.98. The lowest BCUT2D eigenvalue weighted by Crippen LogP contribution is -2.26. The molecule has 0 unspecified atom stereocenters. The highest BCUT2D eigenvalue weighted by atomic mass is 35.5. The second kappa shape index (κ2) is 5.49. The third-order valence-corrected chi connectivity index (χ3v) is 4.86. The predicted molar refractivity (Wildman–Crippen MR) is 91.4 cm³/mol. The molecule has 0 saturated carbocycles. The number of hydrogen-bond acceptors (Lipinski definition) is 3. The Morgan fingerprint density at radius 2 is 1.83 bits per heavy atom. The van der Waals surface area contributed by atoms with E-state index < -0.39 is 11.9 Å². The Morgan fingerprint density at radius 3 is 2.54 bits per heavy atom. The van der Waals surface area contributed by atoms with Gasteiger partial charge in [-0.3, -0.25) is 9.59 Å². The molecule has 1 heterocycles. The zero-order chi connectivity index (χ0) is 16.8. The van der Waals surface area contributed by atoms with Crippen LogP contribution in [-0.2, 0) is 9.53 Å². The molecular formula is C19H14ClNO3. The molecule has 4 rings (SSSR count). The van der Waals surface area contributed by atoms with Crippen LogP contribution in [0.1, 0.15) is 27.5 Å². The smallest absolute Gasteiger partial charge is 0.317 e. The molecular weight excluding hydrogens is 326 g/mol. The number of fused-ring (bicyclic) bond motifs is 3. The van der Waals surface area contributed by atoms with Gasteiger partial charge in [-0.05, 0) is 29.3 Å². The SMILES string of the molecule is COC(=O)[C@@H]1C(=O)c2[nH]c3ccccc3c2[C@H]1c1ccc(Cl)cc1. The van der Waals surface area contributed by atoms with Crippen molar-refractivity contribution in [1.29, 1.82) is 0 Å². The third-order valence-electron chi connectivity index (χ3n) is 4.60. The fraction of sp³-hybridized carbons (Fsp3) is 0.158. The monoisotopic (exact) mass is 339 g/mol. The average Bonchev–Trinajstić information content (AvgIpc) is 3.11. The number of Topliss-reactive ketones (excluding diaryl/α,β-unsaturated/α-hetero) is 1. The van der Waals surface area contributed by atoms with Gasteiger partial charge in [0.25, 0.3) is 0 Å². The number of para-hydroxylation sites is 1. The van der Waals surface area contributed by atoms with Gasteiger partial charge < -0.3 is 9.72 Å². The molecule has 0 amide bonds. The van der Waals surface area contributed by atoms with E-state index in [4.69, 9.17) is 16.3 Å². The Labute approximate surface area is 143 Å². The first-order valence-electron chi connectivity index (χ1n) is 7.60. The van der Waals surface area contributed by atoms with Crippen molar-refractivity contribution in [3.05, 3.63) is 70.4 Å². The van der Waals surface area contributed by atoms with E-state index in [1.165, 1.54) is 7.11 Å². The van der Waals surface area contributed by atoms with Crippen molar-refractivity contribution in [3.8, 4) is 0 Å². The molecule has 0 radical (unpaired) electrons. The summed E-state index contributed by atoms with van der Waals surface area (Å²) in [6, 6.07) is 15.0. The Bertz CT molecular complexity index is 958. The number of esters is 1. The second-order valence-corrected chi connectivity index (χ2v) is 6.29. The van der Waals surface area contributed by atoms with E-state index in [-0.39, 0.29) is 11.7 Å². The standard InChI is InChI=1S/C19H14ClNO3/c1-24-19(23)16-14(10-6-8-11(20)9-7-10)15-12-4-2-3-5-13(12)21-17(15)18(16)22/h2-9,14,16,21H,1H3/t14-,16+/m1/s1. The summed E-state index contributed by atoms with van der Waals surface area (Å²) in [5.74, 6) is -2.00. The minimum Gasteiger partial charge on any atom is -0.468 e. The molecule has 0 fully saturated rings. The number of H-pyrrole nitrogens is 1. The summed E-state index contributed by atoms with van der Waals surface area (Å²) in [5, 5.41) is 1.56. The first kappa shape index (κ1) is 15.0. The topological polar surface area (TPSA) is 59.2 Å². The van der Waals surface area contributed by atoms with Crippen molar-refractivity contribution < 1.29 is 14.3 Å².